The van der Waals surface area contributed by atoms with Crippen molar-refractivity contribution in [1.29, 1.82) is 0 Å². The molecule has 0 N–H and O–H groups in total. The molecule has 0 saturated carbocycles. The van der Waals surface area contributed by atoms with Gasteiger partial charge in [0.25, 0.3) is 16.7 Å². The predicted molar refractivity (Wildman–Crippen MR) is 106 cm³/mol. The molecular formula is C20H19N3O4S. The number of amides is 1. The van der Waals surface area contributed by atoms with Gasteiger partial charge in [-0.25, -0.2) is 4.98 Å². The second kappa shape index (κ2) is 7.85. The first-order chi connectivity index (χ1) is 13.7. The first kappa shape index (κ1) is 18.2. The quantitative estimate of drug-likeness (QED) is 0.662. The average molecular weight is 397 g/mol. The molecule has 4 rings (SSSR count). The van der Waals surface area contributed by atoms with E-state index in [-0.39, 0.29) is 23.3 Å². The van der Waals surface area contributed by atoms with Crippen LogP contribution in [0.2, 0.25) is 0 Å². The molecule has 1 aliphatic rings. The molecule has 1 aliphatic heterocycles. The minimum absolute atomic E-state index is 0.0962. The molecule has 1 amide bonds. The molecule has 28 heavy (non-hydrogen) atoms. The summed E-state index contributed by atoms with van der Waals surface area (Å²) in [7, 11) is 1.46. The Bertz CT molecular complexity index is 1020. The van der Waals surface area contributed by atoms with E-state index in [1.54, 1.807) is 17.3 Å². The second-order valence-electron chi connectivity index (χ2n) is 6.38. The molecular weight excluding hydrogens is 378 g/mol. The predicted octanol–water partition coefficient (Wildman–Crippen LogP) is 2.60. The summed E-state index contributed by atoms with van der Waals surface area (Å²) in [4.78, 5) is 31.4. The lowest BCUT2D eigenvalue weighted by atomic mass is 10.2. The third kappa shape index (κ3) is 3.63. The minimum Gasteiger partial charge on any atom is -0.496 e. The van der Waals surface area contributed by atoms with Crippen LogP contribution in [-0.2, 0) is 0 Å². The molecule has 1 atom stereocenters. The Morgan fingerprint density at radius 3 is 2.82 bits per heavy atom. The van der Waals surface area contributed by atoms with Gasteiger partial charge in [0.15, 0.2) is 0 Å². The standard InChI is InChI=1S/C20H19N3O4S/c1-26-17-11-18(24)23(14-5-3-2-4-6-14)13-16(17)19(25)22-9-7-15(12-22)27-20-21-8-10-28-20/h2-6,8,10-11,13,15H,7,9,12H2,1H3. The number of hydrogen-bond acceptors (Lipinski definition) is 6. The van der Waals surface area contributed by atoms with Crippen molar-refractivity contribution >= 4 is 17.2 Å². The van der Waals surface area contributed by atoms with Crippen LogP contribution in [0.15, 0.2) is 59.0 Å². The molecule has 1 unspecified atom stereocenters. The molecule has 0 spiro atoms. The molecule has 2 aromatic heterocycles. The van der Waals surface area contributed by atoms with Gasteiger partial charge in [-0.05, 0) is 12.1 Å². The van der Waals surface area contributed by atoms with Gasteiger partial charge >= 0.3 is 0 Å². The normalized spacial score (nSPS) is 16.2. The zero-order valence-corrected chi connectivity index (χ0v) is 16.1. The van der Waals surface area contributed by atoms with Crippen LogP contribution in [0.4, 0.5) is 0 Å². The molecule has 8 heteroatoms. The molecule has 3 heterocycles. The van der Waals surface area contributed by atoms with Gasteiger partial charge in [0.05, 0.1) is 19.2 Å². The monoisotopic (exact) mass is 397 g/mol. The van der Waals surface area contributed by atoms with Crippen molar-refractivity contribution in [3.05, 3.63) is 70.1 Å². The number of ether oxygens (including phenoxy) is 2. The lowest BCUT2D eigenvalue weighted by molar-refractivity contribution is 0.0768. The molecule has 3 aromatic rings. The highest BCUT2D eigenvalue weighted by molar-refractivity contribution is 7.11. The summed E-state index contributed by atoms with van der Waals surface area (Å²) < 4.78 is 12.6. The molecule has 1 fully saturated rings. The van der Waals surface area contributed by atoms with Crippen LogP contribution >= 0.6 is 11.3 Å². The zero-order valence-electron chi connectivity index (χ0n) is 15.3. The average Bonchev–Trinajstić information content (AvgIpc) is 3.40. The zero-order chi connectivity index (χ0) is 19.5. The third-order valence-corrected chi connectivity index (χ3v) is 5.27. The van der Waals surface area contributed by atoms with Crippen LogP contribution in [0.5, 0.6) is 10.9 Å². The molecule has 1 saturated heterocycles. The lowest BCUT2D eigenvalue weighted by Crippen LogP contribution is -2.32. The highest BCUT2D eigenvalue weighted by Crippen LogP contribution is 2.24. The van der Waals surface area contributed by atoms with Crippen LogP contribution in [0, 0.1) is 0 Å². The van der Waals surface area contributed by atoms with Gasteiger partial charge in [-0.3, -0.25) is 14.2 Å². The number of carbonyl (C=O) groups is 1. The van der Waals surface area contributed by atoms with Crippen molar-refractivity contribution in [3.63, 3.8) is 0 Å². The molecule has 1 aromatic carbocycles. The highest BCUT2D eigenvalue weighted by Gasteiger charge is 2.30. The number of para-hydroxylation sites is 1. The Morgan fingerprint density at radius 2 is 2.11 bits per heavy atom. The van der Waals surface area contributed by atoms with Gasteiger partial charge < -0.3 is 14.4 Å². The fourth-order valence-electron chi connectivity index (χ4n) is 3.23. The van der Waals surface area contributed by atoms with E-state index < -0.39 is 0 Å². The smallest absolute Gasteiger partial charge is 0.273 e. The van der Waals surface area contributed by atoms with Crippen molar-refractivity contribution in [2.24, 2.45) is 0 Å². The molecule has 144 valence electrons. The van der Waals surface area contributed by atoms with Crippen molar-refractivity contribution < 1.29 is 14.3 Å². The molecule has 7 nitrogen and oxygen atoms in total. The maximum Gasteiger partial charge on any atom is 0.273 e. The maximum absolute atomic E-state index is 13.1. The number of pyridine rings is 1. The number of aromatic nitrogens is 2. The van der Waals surface area contributed by atoms with Crippen molar-refractivity contribution in [2.75, 3.05) is 20.2 Å². The van der Waals surface area contributed by atoms with Gasteiger partial charge in [-0.1, -0.05) is 29.5 Å². The third-order valence-electron chi connectivity index (χ3n) is 4.61. The van der Waals surface area contributed by atoms with Crippen molar-refractivity contribution in [3.8, 4) is 16.6 Å². The first-order valence-corrected chi connectivity index (χ1v) is 9.75. The lowest BCUT2D eigenvalue weighted by Gasteiger charge is -2.19. The van der Waals surface area contributed by atoms with E-state index in [1.165, 1.54) is 29.1 Å². The SMILES string of the molecule is COc1cc(=O)n(-c2ccccc2)cc1C(=O)N1CCC(Oc2nccs2)C1. The number of thiazole rings is 1. The summed E-state index contributed by atoms with van der Waals surface area (Å²) in [5.41, 5.74) is 0.780. The summed E-state index contributed by atoms with van der Waals surface area (Å²) in [6.07, 6.45) is 3.87. The molecule has 0 radical (unpaired) electrons. The van der Waals surface area contributed by atoms with Gasteiger partial charge in [0, 0.05) is 42.5 Å². The molecule has 0 bridgehead atoms. The molecule has 0 aliphatic carbocycles. The van der Waals surface area contributed by atoms with Crippen LogP contribution in [0.1, 0.15) is 16.8 Å². The van der Waals surface area contributed by atoms with E-state index in [2.05, 4.69) is 4.98 Å². The van der Waals surface area contributed by atoms with E-state index in [1.807, 2.05) is 35.7 Å². The first-order valence-electron chi connectivity index (χ1n) is 8.87. The number of likely N-dealkylation sites (tertiary alicyclic amines) is 1. The highest BCUT2D eigenvalue weighted by atomic mass is 32.1. The van der Waals surface area contributed by atoms with E-state index in [9.17, 15) is 9.59 Å². The van der Waals surface area contributed by atoms with Gasteiger partial charge in [-0.15, -0.1) is 0 Å². The Morgan fingerprint density at radius 1 is 1.29 bits per heavy atom. The number of nitrogens with zero attached hydrogens (tertiary/aromatic N) is 3. The summed E-state index contributed by atoms with van der Waals surface area (Å²) in [5.74, 6) is 0.0817. The maximum atomic E-state index is 13.1. The van der Waals surface area contributed by atoms with Gasteiger partial charge in [0.2, 0.25) is 0 Å². The number of carbonyl (C=O) groups excluding carboxylic acids is 1. The van der Waals surface area contributed by atoms with E-state index in [0.29, 0.717) is 29.5 Å². The number of hydrogen-bond donors (Lipinski definition) is 0. The summed E-state index contributed by atoms with van der Waals surface area (Å²) in [6.45, 7) is 1.04. The fraction of sp³-hybridized carbons (Fsp3) is 0.250. The Hall–Kier alpha value is -3.13. The topological polar surface area (TPSA) is 73.7 Å². The van der Waals surface area contributed by atoms with Crippen LogP contribution in [-0.4, -0.2) is 46.7 Å². The van der Waals surface area contributed by atoms with Gasteiger partial charge in [0.1, 0.15) is 11.9 Å². The summed E-state index contributed by atoms with van der Waals surface area (Å²) >= 11 is 1.43. The van der Waals surface area contributed by atoms with Crippen LogP contribution < -0.4 is 15.0 Å². The Labute approximate surface area is 165 Å². The Kier molecular flexibility index (Phi) is 5.12. The van der Waals surface area contributed by atoms with Crippen LogP contribution in [0.3, 0.4) is 0 Å². The van der Waals surface area contributed by atoms with Gasteiger partial charge in [-0.2, -0.15) is 0 Å². The number of methoxy groups -OCH3 is 1. The fourth-order valence-corrected chi connectivity index (χ4v) is 3.78. The van der Waals surface area contributed by atoms with E-state index in [0.717, 1.165) is 6.42 Å². The van der Waals surface area contributed by atoms with Crippen LogP contribution in [0.25, 0.3) is 5.69 Å². The minimum atomic E-state index is -0.258. The number of benzene rings is 1. The Balaban J connectivity index is 1.59. The number of rotatable bonds is 5. The second-order valence-corrected chi connectivity index (χ2v) is 7.23. The van der Waals surface area contributed by atoms with E-state index in [4.69, 9.17) is 9.47 Å². The van der Waals surface area contributed by atoms with Crippen molar-refractivity contribution in [1.82, 2.24) is 14.5 Å². The van der Waals surface area contributed by atoms with Crippen molar-refractivity contribution in [2.45, 2.75) is 12.5 Å². The largest absolute Gasteiger partial charge is 0.496 e. The summed E-state index contributed by atoms with van der Waals surface area (Å²) in [6, 6.07) is 10.5. The van der Waals surface area contributed by atoms with E-state index >= 15 is 0 Å². The summed E-state index contributed by atoms with van der Waals surface area (Å²) in [5, 5.41) is 2.46.